The minimum absolute atomic E-state index is 0.428. The Morgan fingerprint density at radius 2 is 2.12 bits per heavy atom. The molecular weight excluding hydrogens is 350 g/mol. The van der Waals surface area contributed by atoms with Gasteiger partial charge in [-0.1, -0.05) is 0 Å². The van der Waals surface area contributed by atoms with Gasteiger partial charge in [0.1, 0.15) is 0 Å². The van der Waals surface area contributed by atoms with Crippen molar-refractivity contribution in [1.29, 1.82) is 0 Å². The molecule has 0 saturated heterocycles. The van der Waals surface area contributed by atoms with Crippen molar-refractivity contribution in [2.75, 3.05) is 11.9 Å². The number of hydrogen-bond donors (Lipinski definition) is 1. The largest absolute Gasteiger partial charge is 0.440 e. The van der Waals surface area contributed by atoms with Crippen LogP contribution in [0, 0.1) is 10.5 Å². The summed E-state index contributed by atoms with van der Waals surface area (Å²) in [5.41, 5.74) is 1.18. The third-order valence-electron chi connectivity index (χ3n) is 1.79. The summed E-state index contributed by atoms with van der Waals surface area (Å²) in [7, 11) is 0. The first kappa shape index (κ1) is 14.1. The lowest BCUT2D eigenvalue weighted by Crippen LogP contribution is -2.23. The van der Waals surface area contributed by atoms with Gasteiger partial charge in [-0.15, -0.1) is 0 Å². The zero-order valence-electron chi connectivity index (χ0n) is 8.77. The highest BCUT2D eigenvalue weighted by molar-refractivity contribution is 14.1. The molecule has 0 heterocycles. The maximum atomic E-state index is 11.8. The molecule has 0 atom stereocenters. The van der Waals surface area contributed by atoms with Gasteiger partial charge in [-0.2, -0.15) is 13.2 Å². The second kappa shape index (κ2) is 5.56. The fourth-order valence-corrected chi connectivity index (χ4v) is 1.71. The molecule has 0 spiro atoms. The van der Waals surface area contributed by atoms with Gasteiger partial charge in [0.2, 0.25) is 0 Å². The van der Waals surface area contributed by atoms with Crippen molar-refractivity contribution in [3.63, 3.8) is 0 Å². The van der Waals surface area contributed by atoms with E-state index >= 15 is 0 Å². The summed E-state index contributed by atoms with van der Waals surface area (Å²) in [6.07, 6.45) is -5.63. The molecule has 0 bridgehead atoms. The van der Waals surface area contributed by atoms with E-state index in [-0.39, 0.29) is 0 Å². The minimum atomic E-state index is -4.52. The Morgan fingerprint density at radius 1 is 1.47 bits per heavy atom. The predicted molar refractivity (Wildman–Crippen MR) is 64.9 cm³/mol. The van der Waals surface area contributed by atoms with E-state index in [1.807, 2.05) is 0 Å². The summed E-state index contributed by atoms with van der Waals surface area (Å²) in [6.45, 7) is 0.143. The fraction of sp³-hybridized carbons (Fsp3) is 0.300. The van der Waals surface area contributed by atoms with Crippen molar-refractivity contribution in [3.05, 3.63) is 27.3 Å². The first-order valence-electron chi connectivity index (χ1n) is 4.54. The van der Waals surface area contributed by atoms with Crippen LogP contribution in [0.25, 0.3) is 0 Å². The Labute approximate surface area is 109 Å². The van der Waals surface area contributed by atoms with Gasteiger partial charge in [-0.05, 0) is 53.3 Å². The van der Waals surface area contributed by atoms with Gasteiger partial charge in [0.25, 0.3) is 0 Å². The fourth-order valence-electron chi connectivity index (χ4n) is 1.06. The molecule has 0 aromatic heterocycles. The molecule has 1 N–H and O–H groups in total. The molecule has 7 heteroatoms. The average Bonchev–Trinajstić information content (AvgIpc) is 2.18. The number of anilines is 1. The number of halogens is 4. The molecule has 1 aromatic carbocycles. The van der Waals surface area contributed by atoms with E-state index < -0.39 is 18.9 Å². The first-order chi connectivity index (χ1) is 7.78. The lowest BCUT2D eigenvalue weighted by molar-refractivity contribution is -0.159. The normalized spacial score (nSPS) is 11.1. The minimum Gasteiger partial charge on any atom is -0.440 e. The number of alkyl halides is 3. The van der Waals surface area contributed by atoms with Crippen LogP contribution in [-0.4, -0.2) is 18.9 Å². The smallest absolute Gasteiger partial charge is 0.422 e. The number of hydrogen-bond acceptors (Lipinski definition) is 2. The van der Waals surface area contributed by atoms with E-state index in [0.717, 1.165) is 9.13 Å². The van der Waals surface area contributed by atoms with Gasteiger partial charge < -0.3 is 4.74 Å². The van der Waals surface area contributed by atoms with Gasteiger partial charge in [-0.25, -0.2) is 4.79 Å². The Balaban J connectivity index is 2.57. The highest BCUT2D eigenvalue weighted by Gasteiger charge is 2.29. The average molecular weight is 359 g/mol. The Morgan fingerprint density at radius 3 is 2.65 bits per heavy atom. The molecule has 0 aliphatic carbocycles. The molecule has 1 amide bonds. The highest BCUT2D eigenvalue weighted by atomic mass is 127. The van der Waals surface area contributed by atoms with Crippen LogP contribution < -0.4 is 5.32 Å². The molecule has 1 rings (SSSR count). The molecule has 0 unspecified atom stereocenters. The van der Waals surface area contributed by atoms with Crippen molar-refractivity contribution in [2.24, 2.45) is 0 Å². The molecule has 0 aliphatic heterocycles. The van der Waals surface area contributed by atoms with Crippen molar-refractivity contribution in [2.45, 2.75) is 13.1 Å². The Hall–Kier alpha value is -0.990. The quantitative estimate of drug-likeness (QED) is 0.818. The maximum absolute atomic E-state index is 11.8. The summed E-state index contributed by atoms with van der Waals surface area (Å²) in [4.78, 5) is 11.1. The number of amides is 1. The molecule has 0 saturated carbocycles. The second-order valence-corrected chi connectivity index (χ2v) is 4.52. The van der Waals surface area contributed by atoms with E-state index in [4.69, 9.17) is 0 Å². The first-order valence-corrected chi connectivity index (χ1v) is 5.62. The van der Waals surface area contributed by atoms with Crippen LogP contribution in [0.15, 0.2) is 18.2 Å². The van der Waals surface area contributed by atoms with Crippen LogP contribution in [-0.2, 0) is 4.74 Å². The van der Waals surface area contributed by atoms with Gasteiger partial charge in [0.05, 0.1) is 0 Å². The van der Waals surface area contributed by atoms with E-state index in [0.29, 0.717) is 5.69 Å². The Kier molecular flexibility index (Phi) is 4.61. The maximum Gasteiger partial charge on any atom is 0.422 e. The van der Waals surface area contributed by atoms with Gasteiger partial charge in [-0.3, -0.25) is 5.32 Å². The van der Waals surface area contributed by atoms with Gasteiger partial charge in [0, 0.05) is 9.26 Å². The highest BCUT2D eigenvalue weighted by Crippen LogP contribution is 2.19. The van der Waals surface area contributed by atoms with Crippen LogP contribution >= 0.6 is 22.6 Å². The summed E-state index contributed by atoms with van der Waals surface area (Å²) in [5, 5.41) is 2.25. The van der Waals surface area contributed by atoms with E-state index in [1.54, 1.807) is 25.1 Å². The molecular formula is C10H9F3INO2. The molecule has 17 heavy (non-hydrogen) atoms. The Bertz CT molecular complexity index is 421. The van der Waals surface area contributed by atoms with Crippen LogP contribution in [0.1, 0.15) is 5.56 Å². The standard InChI is InChI=1S/C10H9F3INO2/c1-6-4-7(14)2-3-8(6)15-9(16)17-5-10(11,12)13/h2-4H,5H2,1H3,(H,15,16). The number of carbonyl (C=O) groups excluding carboxylic acids is 1. The number of benzene rings is 1. The summed E-state index contributed by atoms with van der Waals surface area (Å²) >= 11 is 2.09. The molecule has 0 radical (unpaired) electrons. The molecule has 94 valence electrons. The number of nitrogens with one attached hydrogen (secondary N) is 1. The number of ether oxygens (including phenoxy) is 1. The van der Waals surface area contributed by atoms with Crippen molar-refractivity contribution >= 4 is 34.4 Å². The molecule has 0 fully saturated rings. The van der Waals surface area contributed by atoms with Crippen LogP contribution in [0.3, 0.4) is 0 Å². The van der Waals surface area contributed by atoms with E-state index in [2.05, 4.69) is 32.6 Å². The van der Waals surface area contributed by atoms with Crippen molar-refractivity contribution in [3.8, 4) is 0 Å². The van der Waals surface area contributed by atoms with Gasteiger partial charge in [0.15, 0.2) is 6.61 Å². The monoisotopic (exact) mass is 359 g/mol. The van der Waals surface area contributed by atoms with Crippen molar-refractivity contribution in [1.82, 2.24) is 0 Å². The van der Waals surface area contributed by atoms with Crippen LogP contribution in [0.2, 0.25) is 0 Å². The lowest BCUT2D eigenvalue weighted by atomic mass is 10.2. The number of carbonyl (C=O) groups is 1. The lowest BCUT2D eigenvalue weighted by Gasteiger charge is -2.10. The topological polar surface area (TPSA) is 38.3 Å². The SMILES string of the molecule is Cc1cc(I)ccc1NC(=O)OCC(F)(F)F. The number of rotatable bonds is 2. The second-order valence-electron chi connectivity index (χ2n) is 3.28. The van der Waals surface area contributed by atoms with Crippen LogP contribution in [0.5, 0.6) is 0 Å². The molecule has 3 nitrogen and oxygen atoms in total. The van der Waals surface area contributed by atoms with Crippen LogP contribution in [0.4, 0.5) is 23.7 Å². The third kappa shape index (κ3) is 5.24. The van der Waals surface area contributed by atoms with Gasteiger partial charge >= 0.3 is 12.3 Å². The zero-order chi connectivity index (χ0) is 13.1. The summed E-state index contributed by atoms with van der Waals surface area (Å²) in [5.74, 6) is 0. The van der Waals surface area contributed by atoms with Crippen molar-refractivity contribution < 1.29 is 22.7 Å². The molecule has 0 aliphatic rings. The van der Waals surface area contributed by atoms with E-state index in [1.165, 1.54) is 0 Å². The third-order valence-corrected chi connectivity index (χ3v) is 2.46. The predicted octanol–water partition coefficient (Wildman–Crippen LogP) is 3.71. The van der Waals surface area contributed by atoms with E-state index in [9.17, 15) is 18.0 Å². The molecule has 1 aromatic rings. The summed E-state index contributed by atoms with van der Waals surface area (Å²) < 4.78 is 40.3. The number of aryl methyl sites for hydroxylation is 1. The zero-order valence-corrected chi connectivity index (χ0v) is 10.9. The summed E-state index contributed by atoms with van der Waals surface area (Å²) in [6, 6.07) is 5.12.